The maximum atomic E-state index is 9.55. The van der Waals surface area contributed by atoms with Gasteiger partial charge in [0.05, 0.1) is 24.5 Å². The van der Waals surface area contributed by atoms with E-state index in [1.807, 2.05) is 24.3 Å². The van der Waals surface area contributed by atoms with Gasteiger partial charge in [0.2, 0.25) is 0 Å². The summed E-state index contributed by atoms with van der Waals surface area (Å²) >= 11 is 0. The first-order valence-electron chi connectivity index (χ1n) is 11.0. The van der Waals surface area contributed by atoms with Crippen LogP contribution in [-0.2, 0) is 17.7 Å². The molecule has 6 nitrogen and oxygen atoms in total. The normalized spacial score (nSPS) is 13.0. The SMILES string of the molecule is COCCNCc1ccc(Cc2nccc(-c3ccc(OCC4CC4)c(C#N)c3)n2)cc1. The lowest BCUT2D eigenvalue weighted by molar-refractivity contribution is 0.199. The zero-order chi connectivity index (χ0) is 22.2. The maximum Gasteiger partial charge on any atom is 0.137 e. The zero-order valence-electron chi connectivity index (χ0n) is 18.4. The topological polar surface area (TPSA) is 80.1 Å². The summed E-state index contributed by atoms with van der Waals surface area (Å²) < 4.78 is 10.9. The molecule has 1 heterocycles. The third-order valence-electron chi connectivity index (χ3n) is 5.47. The Morgan fingerprint density at radius 1 is 1.09 bits per heavy atom. The standard InChI is InChI=1S/C26H28N4O2/c1-31-13-12-28-17-20-4-2-19(3-5-20)14-26-29-11-10-24(30-26)22-8-9-25(23(15-22)16-27)32-18-21-6-7-21/h2-5,8-11,15,21,28H,6-7,12-14,17-18H2,1H3. The van der Waals surface area contributed by atoms with Crippen molar-refractivity contribution in [1.82, 2.24) is 15.3 Å². The van der Waals surface area contributed by atoms with Crippen molar-refractivity contribution in [2.45, 2.75) is 25.8 Å². The molecular formula is C26H28N4O2. The molecule has 0 atom stereocenters. The van der Waals surface area contributed by atoms with Gasteiger partial charge in [0.1, 0.15) is 17.6 Å². The summed E-state index contributed by atoms with van der Waals surface area (Å²) in [5, 5.41) is 12.9. The molecule has 164 valence electrons. The van der Waals surface area contributed by atoms with Crippen LogP contribution in [0.1, 0.15) is 35.4 Å². The molecule has 0 amide bonds. The summed E-state index contributed by atoms with van der Waals surface area (Å²) in [7, 11) is 1.70. The Kier molecular flexibility index (Phi) is 7.44. The van der Waals surface area contributed by atoms with E-state index in [9.17, 15) is 5.26 Å². The Bertz CT molecular complexity index is 1070. The van der Waals surface area contributed by atoms with E-state index in [1.165, 1.54) is 18.4 Å². The number of methoxy groups -OCH3 is 1. The van der Waals surface area contributed by atoms with E-state index in [-0.39, 0.29) is 0 Å². The Morgan fingerprint density at radius 2 is 1.91 bits per heavy atom. The fourth-order valence-electron chi connectivity index (χ4n) is 3.40. The average molecular weight is 429 g/mol. The van der Waals surface area contributed by atoms with Crippen molar-refractivity contribution in [3.8, 4) is 23.1 Å². The third kappa shape index (κ3) is 6.13. The molecule has 0 bridgehead atoms. The lowest BCUT2D eigenvalue weighted by atomic mass is 10.1. The van der Waals surface area contributed by atoms with Crippen molar-refractivity contribution in [2.75, 3.05) is 26.9 Å². The first-order chi connectivity index (χ1) is 15.7. The van der Waals surface area contributed by atoms with Crippen LogP contribution in [-0.4, -0.2) is 36.8 Å². The number of rotatable bonds is 11. The van der Waals surface area contributed by atoms with Crippen molar-refractivity contribution in [1.29, 1.82) is 5.26 Å². The highest BCUT2D eigenvalue weighted by atomic mass is 16.5. The second kappa shape index (κ2) is 10.9. The molecule has 0 radical (unpaired) electrons. The summed E-state index contributed by atoms with van der Waals surface area (Å²) in [6.45, 7) is 3.04. The number of nitriles is 1. The van der Waals surface area contributed by atoms with E-state index in [4.69, 9.17) is 14.5 Å². The van der Waals surface area contributed by atoms with E-state index >= 15 is 0 Å². The molecule has 1 aliphatic rings. The monoisotopic (exact) mass is 428 g/mol. The van der Waals surface area contributed by atoms with E-state index in [0.717, 1.165) is 35.7 Å². The Hall–Kier alpha value is -3.27. The summed E-state index contributed by atoms with van der Waals surface area (Å²) in [4.78, 5) is 9.17. The van der Waals surface area contributed by atoms with Gasteiger partial charge >= 0.3 is 0 Å². The Labute approximate surface area is 189 Å². The highest BCUT2D eigenvalue weighted by Crippen LogP contribution is 2.31. The summed E-state index contributed by atoms with van der Waals surface area (Å²) in [6, 6.07) is 18.3. The predicted molar refractivity (Wildman–Crippen MR) is 123 cm³/mol. The van der Waals surface area contributed by atoms with Crippen molar-refractivity contribution in [2.24, 2.45) is 5.92 Å². The maximum absolute atomic E-state index is 9.55. The first-order valence-corrected chi connectivity index (χ1v) is 11.0. The summed E-state index contributed by atoms with van der Waals surface area (Å²) in [6.07, 6.45) is 4.86. The predicted octanol–water partition coefficient (Wildman–Crippen LogP) is 4.13. The van der Waals surface area contributed by atoms with Gasteiger partial charge in [-0.15, -0.1) is 0 Å². The average Bonchev–Trinajstić information content (AvgIpc) is 3.66. The number of aromatic nitrogens is 2. The van der Waals surface area contributed by atoms with Crippen molar-refractivity contribution in [3.05, 3.63) is 77.2 Å². The molecule has 2 aromatic carbocycles. The lowest BCUT2D eigenvalue weighted by Crippen LogP contribution is -2.18. The molecular weight excluding hydrogens is 400 g/mol. The van der Waals surface area contributed by atoms with E-state index in [1.54, 1.807) is 13.3 Å². The largest absolute Gasteiger partial charge is 0.492 e. The number of nitrogens with one attached hydrogen (secondary N) is 1. The molecule has 1 N–H and O–H groups in total. The van der Waals surface area contributed by atoms with Gasteiger partial charge in [0.25, 0.3) is 0 Å². The molecule has 1 aromatic heterocycles. The fourth-order valence-corrected chi connectivity index (χ4v) is 3.40. The zero-order valence-corrected chi connectivity index (χ0v) is 18.4. The molecule has 1 aliphatic carbocycles. The minimum absolute atomic E-state index is 0.540. The van der Waals surface area contributed by atoms with Gasteiger partial charge in [-0.3, -0.25) is 0 Å². The number of nitrogens with zero attached hydrogens (tertiary/aromatic N) is 3. The van der Waals surface area contributed by atoms with E-state index < -0.39 is 0 Å². The minimum atomic E-state index is 0.540. The number of hydrogen-bond donors (Lipinski definition) is 1. The summed E-state index contributed by atoms with van der Waals surface area (Å²) in [5.41, 5.74) is 4.62. The fraction of sp³-hybridized carbons (Fsp3) is 0.346. The third-order valence-corrected chi connectivity index (χ3v) is 5.47. The number of benzene rings is 2. The van der Waals surface area contributed by atoms with E-state index in [2.05, 4.69) is 40.6 Å². The summed E-state index contributed by atoms with van der Waals surface area (Å²) in [5.74, 6) is 2.04. The molecule has 3 aromatic rings. The molecule has 1 fully saturated rings. The minimum Gasteiger partial charge on any atom is -0.492 e. The Morgan fingerprint density at radius 3 is 2.66 bits per heavy atom. The van der Waals surface area contributed by atoms with Crippen molar-refractivity contribution in [3.63, 3.8) is 0 Å². The van der Waals surface area contributed by atoms with Crippen LogP contribution in [0.2, 0.25) is 0 Å². The lowest BCUT2D eigenvalue weighted by Gasteiger charge is -2.10. The van der Waals surface area contributed by atoms with Crippen LogP contribution in [0.4, 0.5) is 0 Å². The van der Waals surface area contributed by atoms with Gasteiger partial charge < -0.3 is 14.8 Å². The van der Waals surface area contributed by atoms with Gasteiger partial charge in [0.15, 0.2) is 0 Å². The molecule has 32 heavy (non-hydrogen) atoms. The molecule has 4 rings (SSSR count). The first kappa shape index (κ1) is 21.9. The van der Waals surface area contributed by atoms with Crippen LogP contribution in [0.25, 0.3) is 11.3 Å². The van der Waals surface area contributed by atoms with Gasteiger partial charge in [-0.05, 0) is 54.2 Å². The van der Waals surface area contributed by atoms with Crippen molar-refractivity contribution >= 4 is 0 Å². The van der Waals surface area contributed by atoms with Gasteiger partial charge in [-0.25, -0.2) is 9.97 Å². The molecule has 0 aliphatic heterocycles. The van der Waals surface area contributed by atoms with Gasteiger partial charge in [0, 0.05) is 38.4 Å². The smallest absolute Gasteiger partial charge is 0.137 e. The van der Waals surface area contributed by atoms with Crippen LogP contribution in [0.5, 0.6) is 5.75 Å². The molecule has 0 unspecified atom stereocenters. The molecule has 6 heteroatoms. The molecule has 0 spiro atoms. The van der Waals surface area contributed by atoms with Crippen LogP contribution < -0.4 is 10.1 Å². The highest BCUT2D eigenvalue weighted by Gasteiger charge is 2.22. The van der Waals surface area contributed by atoms with Crippen LogP contribution in [0.3, 0.4) is 0 Å². The van der Waals surface area contributed by atoms with Crippen LogP contribution in [0, 0.1) is 17.2 Å². The number of hydrogen-bond acceptors (Lipinski definition) is 6. The van der Waals surface area contributed by atoms with Gasteiger partial charge in [-0.1, -0.05) is 24.3 Å². The highest BCUT2D eigenvalue weighted by molar-refractivity contribution is 5.64. The quantitative estimate of drug-likeness (QED) is 0.463. The second-order valence-corrected chi connectivity index (χ2v) is 8.10. The molecule has 1 saturated carbocycles. The van der Waals surface area contributed by atoms with Gasteiger partial charge in [-0.2, -0.15) is 5.26 Å². The van der Waals surface area contributed by atoms with E-state index in [0.29, 0.717) is 36.9 Å². The van der Waals surface area contributed by atoms with Crippen LogP contribution in [0.15, 0.2) is 54.7 Å². The second-order valence-electron chi connectivity index (χ2n) is 8.10. The number of ether oxygens (including phenoxy) is 2. The molecule has 0 saturated heterocycles. The Balaban J connectivity index is 1.41. The van der Waals surface area contributed by atoms with Crippen LogP contribution >= 0.6 is 0 Å². The van der Waals surface area contributed by atoms with Crippen molar-refractivity contribution < 1.29 is 9.47 Å².